The average Bonchev–Trinajstić information content (AvgIpc) is 2.61. The molecule has 2 nitrogen and oxygen atoms in total. The molecule has 0 heterocycles. The second-order valence-corrected chi connectivity index (χ2v) is 6.68. The van der Waals surface area contributed by atoms with Crippen molar-refractivity contribution in [3.05, 3.63) is 0 Å². The van der Waals surface area contributed by atoms with Gasteiger partial charge in [-0.25, -0.2) is 17.6 Å². The lowest BCUT2D eigenvalue weighted by atomic mass is 9.48. The van der Waals surface area contributed by atoms with Crippen LogP contribution >= 0.6 is 0 Å². The van der Waals surface area contributed by atoms with Gasteiger partial charge in [-0.2, -0.15) is 52.7 Å². The lowest BCUT2D eigenvalue weighted by molar-refractivity contribution is -0.536. The largest absolute Gasteiger partial charge is 0.393 e. The molecule has 2 N–H and O–H groups in total. The maximum atomic E-state index is 15.0. The number of alkyl halides is 16. The number of hydrogen-bond donors (Lipinski definition) is 2. The molecule has 2 fully saturated rings. The number of hydrogen-bond acceptors (Lipinski definition) is 2. The molecular weight excluding hydrogens is 480 g/mol. The summed E-state index contributed by atoms with van der Waals surface area (Å²) < 4.78 is 224. The minimum atomic E-state index is -8.14. The van der Waals surface area contributed by atoms with Gasteiger partial charge in [-0.15, -0.1) is 0 Å². The molecule has 2 saturated carbocycles. The molecule has 2 aliphatic rings. The van der Waals surface area contributed by atoms with Crippen molar-refractivity contribution in [3.8, 4) is 0 Å². The number of rotatable bonds is 2. The molecule has 0 aromatic carbocycles. The Morgan fingerprint density at radius 3 is 0.700 bits per heavy atom. The van der Waals surface area contributed by atoms with E-state index in [1.54, 1.807) is 0 Å². The lowest BCUT2D eigenvalue weighted by Crippen LogP contribution is -3.00. The maximum absolute atomic E-state index is 15.0. The van der Waals surface area contributed by atoms with E-state index in [1.807, 2.05) is 0 Å². The van der Waals surface area contributed by atoms with Gasteiger partial charge in [0, 0.05) is 0 Å². The molecule has 0 bridgehead atoms. The van der Waals surface area contributed by atoms with E-state index in [2.05, 4.69) is 0 Å². The Kier molecular flexibility index (Phi) is 4.51. The van der Waals surface area contributed by atoms with Crippen LogP contribution in [0.1, 0.15) is 0 Å². The van der Waals surface area contributed by atoms with Crippen LogP contribution < -0.4 is 0 Å². The molecule has 0 radical (unpaired) electrons. The molecule has 2 aliphatic carbocycles. The van der Waals surface area contributed by atoms with Crippen molar-refractivity contribution in [2.45, 2.75) is 58.2 Å². The highest BCUT2D eigenvalue weighted by Crippen LogP contribution is 2.80. The zero-order chi connectivity index (χ0) is 24.4. The molecule has 0 saturated heterocycles. The third kappa shape index (κ3) is 1.66. The molecule has 0 aliphatic heterocycles. The molecule has 4 unspecified atom stereocenters. The average molecular weight is 486 g/mol. The third-order valence-electron chi connectivity index (χ3n) is 5.44. The highest BCUT2D eigenvalue weighted by molar-refractivity contribution is 5.45. The van der Waals surface area contributed by atoms with Gasteiger partial charge in [-0.05, 0) is 0 Å². The van der Waals surface area contributed by atoms with Crippen molar-refractivity contribution in [2.75, 3.05) is 13.2 Å². The first-order chi connectivity index (χ1) is 12.9. The molecular formula is C12H6F16O2. The minimum absolute atomic E-state index is 3.92. The minimum Gasteiger partial charge on any atom is -0.393 e. The first-order valence-corrected chi connectivity index (χ1v) is 7.11. The summed E-state index contributed by atoms with van der Waals surface area (Å²) in [4.78, 5) is 0. The molecule has 0 spiro atoms. The number of aliphatic hydroxyl groups is 2. The summed E-state index contributed by atoms with van der Waals surface area (Å²) in [6.07, 6.45) is 0. The summed E-state index contributed by atoms with van der Waals surface area (Å²) in [7, 11) is 0. The fourth-order valence-electron chi connectivity index (χ4n) is 3.65. The van der Waals surface area contributed by atoms with Gasteiger partial charge in [-0.3, -0.25) is 0 Å². The van der Waals surface area contributed by atoms with Crippen LogP contribution in [-0.2, 0) is 0 Å². The molecule has 0 aromatic heterocycles. The number of aliphatic hydroxyl groups excluding tert-OH is 2. The molecule has 18 heteroatoms. The Morgan fingerprint density at radius 2 is 0.533 bits per heavy atom. The Bertz CT molecular complexity index is 691. The second-order valence-electron chi connectivity index (χ2n) is 6.68. The first-order valence-electron chi connectivity index (χ1n) is 7.11. The summed E-state index contributed by atoms with van der Waals surface area (Å²) in [5.41, 5.74) is -30.5. The van der Waals surface area contributed by atoms with Gasteiger partial charge in [0.2, 0.25) is 11.3 Å². The van der Waals surface area contributed by atoms with Gasteiger partial charge in [-0.1, -0.05) is 0 Å². The van der Waals surface area contributed by atoms with E-state index in [-0.39, 0.29) is 0 Å². The van der Waals surface area contributed by atoms with Gasteiger partial charge >= 0.3 is 35.5 Å². The van der Waals surface area contributed by atoms with Crippen LogP contribution in [0.2, 0.25) is 0 Å². The Hall–Kier alpha value is -1.20. The predicted octanol–water partition coefficient (Wildman–Crippen LogP) is 3.64. The van der Waals surface area contributed by atoms with Crippen molar-refractivity contribution in [2.24, 2.45) is 0 Å². The van der Waals surface area contributed by atoms with Crippen LogP contribution in [0.5, 0.6) is 0 Å². The summed E-state index contributed by atoms with van der Waals surface area (Å²) in [5, 5.41) is 17.0. The number of fused-ring (bicyclic) bond motifs is 1. The molecule has 30 heavy (non-hydrogen) atoms. The quantitative estimate of drug-likeness (QED) is 0.586. The molecule has 0 aromatic rings. The van der Waals surface area contributed by atoms with Crippen molar-refractivity contribution in [3.63, 3.8) is 0 Å². The summed E-state index contributed by atoms with van der Waals surface area (Å²) >= 11 is 0. The summed E-state index contributed by atoms with van der Waals surface area (Å²) in [6, 6.07) is 0. The Labute approximate surface area is 153 Å². The van der Waals surface area contributed by atoms with Crippen LogP contribution in [0.25, 0.3) is 0 Å². The van der Waals surface area contributed by atoms with Crippen LogP contribution in [0, 0.1) is 0 Å². The van der Waals surface area contributed by atoms with Crippen molar-refractivity contribution < 1.29 is 80.5 Å². The molecule has 4 atom stereocenters. The van der Waals surface area contributed by atoms with Crippen molar-refractivity contribution in [1.82, 2.24) is 0 Å². The van der Waals surface area contributed by atoms with Crippen molar-refractivity contribution >= 4 is 0 Å². The highest BCUT2D eigenvalue weighted by Gasteiger charge is 3.13. The zero-order valence-electron chi connectivity index (χ0n) is 13.4. The van der Waals surface area contributed by atoms with Crippen molar-refractivity contribution in [1.29, 1.82) is 0 Å². The summed E-state index contributed by atoms with van der Waals surface area (Å²) in [6.45, 7) is -7.85. The van der Waals surface area contributed by atoms with Crippen LogP contribution in [0.3, 0.4) is 0 Å². The summed E-state index contributed by atoms with van der Waals surface area (Å²) in [5.74, 6) is -47.5. The number of halogens is 16. The maximum Gasteiger partial charge on any atom is 0.379 e. The van der Waals surface area contributed by atoms with Gasteiger partial charge in [0.15, 0.2) is 0 Å². The van der Waals surface area contributed by atoms with Crippen LogP contribution in [0.4, 0.5) is 70.2 Å². The van der Waals surface area contributed by atoms with E-state index in [0.29, 0.717) is 0 Å². The normalized spacial score (nSPS) is 47.4. The Balaban J connectivity index is 3.31. The van der Waals surface area contributed by atoms with E-state index in [0.717, 1.165) is 0 Å². The fourth-order valence-corrected chi connectivity index (χ4v) is 3.65. The SMILES string of the molecule is OCC1(F)C(F)(F)C(F)(F)C(F)(F)C2(F)C(F)(CO)C(F)(F)C(F)(F)C(F)(F)C12F. The Morgan fingerprint density at radius 1 is 0.333 bits per heavy atom. The van der Waals surface area contributed by atoms with E-state index in [1.165, 1.54) is 0 Å². The predicted molar refractivity (Wildman–Crippen MR) is 59.2 cm³/mol. The smallest absolute Gasteiger partial charge is 0.379 e. The van der Waals surface area contributed by atoms with Gasteiger partial charge in [0.1, 0.15) is 0 Å². The zero-order valence-corrected chi connectivity index (χ0v) is 13.4. The standard InChI is InChI=1S/C12H6F16O2/c13-3(1-29)5(15)6(16,10(23,24)11(25,26)7(3,17)18)4(14,2-30)8(19,20)12(27,28)9(5,21)22/h29-30H,1-2H2. The third-order valence-corrected chi connectivity index (χ3v) is 5.44. The van der Waals surface area contributed by atoms with E-state index < -0.39 is 71.4 Å². The lowest BCUT2D eigenvalue weighted by Gasteiger charge is -2.66. The van der Waals surface area contributed by atoms with Gasteiger partial charge in [0.05, 0.1) is 13.2 Å². The van der Waals surface area contributed by atoms with Gasteiger partial charge in [0.25, 0.3) is 11.3 Å². The van der Waals surface area contributed by atoms with Crippen LogP contribution in [-0.4, -0.2) is 81.6 Å². The van der Waals surface area contributed by atoms with Crippen LogP contribution in [0.15, 0.2) is 0 Å². The van der Waals surface area contributed by atoms with E-state index >= 15 is 0 Å². The monoisotopic (exact) mass is 486 g/mol. The molecule has 0 amide bonds. The first kappa shape index (κ1) is 25.1. The van der Waals surface area contributed by atoms with Gasteiger partial charge < -0.3 is 10.2 Å². The highest BCUT2D eigenvalue weighted by atomic mass is 19.4. The fraction of sp³-hybridized carbons (Fsp3) is 1.00. The molecule has 2 rings (SSSR count). The second kappa shape index (κ2) is 5.40. The van der Waals surface area contributed by atoms with E-state index in [4.69, 9.17) is 10.2 Å². The topological polar surface area (TPSA) is 40.5 Å². The molecule has 178 valence electrons. The van der Waals surface area contributed by atoms with E-state index in [9.17, 15) is 70.2 Å².